The van der Waals surface area contributed by atoms with Crippen molar-refractivity contribution in [3.05, 3.63) is 24.9 Å². The SMILES string of the molecule is C=CCNc1ccnc(N2CCN(C)CC2)n1. The molecule has 1 fully saturated rings. The van der Waals surface area contributed by atoms with E-state index < -0.39 is 0 Å². The number of nitrogens with one attached hydrogen (secondary N) is 1. The Labute approximate surface area is 102 Å². The minimum Gasteiger partial charge on any atom is -0.366 e. The minimum atomic E-state index is 0.721. The topological polar surface area (TPSA) is 44.3 Å². The van der Waals surface area contributed by atoms with E-state index in [1.54, 1.807) is 6.20 Å². The second-order valence-electron chi connectivity index (χ2n) is 4.20. The molecule has 0 spiro atoms. The van der Waals surface area contributed by atoms with Gasteiger partial charge in [-0.15, -0.1) is 6.58 Å². The van der Waals surface area contributed by atoms with E-state index in [1.165, 1.54) is 0 Å². The lowest BCUT2D eigenvalue weighted by Crippen LogP contribution is -2.45. The van der Waals surface area contributed by atoms with Gasteiger partial charge in [0.05, 0.1) is 0 Å². The average molecular weight is 233 g/mol. The quantitative estimate of drug-likeness (QED) is 0.780. The summed E-state index contributed by atoms with van der Waals surface area (Å²) in [4.78, 5) is 13.4. The first-order chi connectivity index (χ1) is 8.29. The van der Waals surface area contributed by atoms with Gasteiger partial charge in [0.25, 0.3) is 0 Å². The third-order valence-corrected chi connectivity index (χ3v) is 2.86. The molecule has 17 heavy (non-hydrogen) atoms. The fraction of sp³-hybridized carbons (Fsp3) is 0.500. The van der Waals surface area contributed by atoms with Crippen LogP contribution < -0.4 is 10.2 Å². The number of nitrogens with zero attached hydrogens (tertiary/aromatic N) is 4. The molecule has 0 amide bonds. The summed E-state index contributed by atoms with van der Waals surface area (Å²) in [6.45, 7) is 8.50. The van der Waals surface area contributed by atoms with Gasteiger partial charge in [-0.25, -0.2) is 4.98 Å². The van der Waals surface area contributed by atoms with Gasteiger partial charge in [-0.2, -0.15) is 4.98 Å². The first-order valence-corrected chi connectivity index (χ1v) is 5.91. The molecular formula is C12H19N5. The summed E-state index contributed by atoms with van der Waals surface area (Å²) >= 11 is 0. The summed E-state index contributed by atoms with van der Waals surface area (Å²) in [5.41, 5.74) is 0. The van der Waals surface area contributed by atoms with Crippen LogP contribution in [0.1, 0.15) is 0 Å². The van der Waals surface area contributed by atoms with Gasteiger partial charge in [0.15, 0.2) is 0 Å². The Hall–Kier alpha value is -1.62. The first-order valence-electron chi connectivity index (χ1n) is 5.91. The van der Waals surface area contributed by atoms with Crippen LogP contribution in [0.15, 0.2) is 24.9 Å². The molecule has 1 aromatic heterocycles. The molecule has 5 heteroatoms. The summed E-state index contributed by atoms with van der Waals surface area (Å²) in [6.07, 6.45) is 3.61. The second kappa shape index (κ2) is 5.63. The largest absolute Gasteiger partial charge is 0.366 e. The summed E-state index contributed by atoms with van der Waals surface area (Å²) in [5.74, 6) is 1.67. The van der Waals surface area contributed by atoms with E-state index in [0.29, 0.717) is 0 Å². The Morgan fingerprint density at radius 2 is 2.18 bits per heavy atom. The Morgan fingerprint density at radius 1 is 1.41 bits per heavy atom. The molecular weight excluding hydrogens is 214 g/mol. The summed E-state index contributed by atoms with van der Waals surface area (Å²) in [7, 11) is 2.14. The summed E-state index contributed by atoms with van der Waals surface area (Å²) < 4.78 is 0. The number of rotatable bonds is 4. The Morgan fingerprint density at radius 3 is 2.88 bits per heavy atom. The zero-order chi connectivity index (χ0) is 12.1. The number of hydrogen-bond acceptors (Lipinski definition) is 5. The zero-order valence-electron chi connectivity index (χ0n) is 10.3. The van der Waals surface area contributed by atoms with E-state index in [9.17, 15) is 0 Å². The van der Waals surface area contributed by atoms with Crippen LogP contribution in [0.2, 0.25) is 0 Å². The van der Waals surface area contributed by atoms with Crippen molar-refractivity contribution < 1.29 is 0 Å². The smallest absolute Gasteiger partial charge is 0.227 e. The normalized spacial score (nSPS) is 16.9. The molecule has 0 unspecified atom stereocenters. The van der Waals surface area contributed by atoms with Crippen LogP contribution in [0.25, 0.3) is 0 Å². The highest BCUT2D eigenvalue weighted by Crippen LogP contribution is 2.12. The highest BCUT2D eigenvalue weighted by atomic mass is 15.3. The van der Waals surface area contributed by atoms with Gasteiger partial charge in [-0.3, -0.25) is 0 Å². The van der Waals surface area contributed by atoms with Crippen LogP contribution in [-0.4, -0.2) is 54.6 Å². The lowest BCUT2D eigenvalue weighted by Gasteiger charge is -2.32. The van der Waals surface area contributed by atoms with E-state index in [-0.39, 0.29) is 0 Å². The first kappa shape index (κ1) is 11.9. The van der Waals surface area contributed by atoms with Gasteiger partial charge in [0.2, 0.25) is 5.95 Å². The molecule has 0 aromatic carbocycles. The van der Waals surface area contributed by atoms with Crippen molar-refractivity contribution in [1.29, 1.82) is 0 Å². The van der Waals surface area contributed by atoms with Crippen molar-refractivity contribution in [2.45, 2.75) is 0 Å². The van der Waals surface area contributed by atoms with Crippen molar-refractivity contribution in [1.82, 2.24) is 14.9 Å². The summed E-state index contributed by atoms with van der Waals surface area (Å²) in [6, 6.07) is 1.88. The number of anilines is 2. The van der Waals surface area contributed by atoms with Crippen molar-refractivity contribution >= 4 is 11.8 Å². The predicted molar refractivity (Wildman–Crippen MR) is 70.4 cm³/mol. The molecule has 0 aliphatic carbocycles. The van der Waals surface area contributed by atoms with Gasteiger partial charge >= 0.3 is 0 Å². The number of hydrogen-bond donors (Lipinski definition) is 1. The van der Waals surface area contributed by atoms with Crippen LogP contribution in [-0.2, 0) is 0 Å². The third-order valence-electron chi connectivity index (χ3n) is 2.86. The molecule has 0 radical (unpaired) electrons. The van der Waals surface area contributed by atoms with E-state index in [1.807, 2.05) is 12.1 Å². The fourth-order valence-corrected chi connectivity index (χ4v) is 1.78. The highest BCUT2D eigenvalue weighted by molar-refractivity contribution is 5.41. The van der Waals surface area contributed by atoms with E-state index in [0.717, 1.165) is 44.5 Å². The Bertz CT molecular complexity index is 371. The maximum Gasteiger partial charge on any atom is 0.227 e. The lowest BCUT2D eigenvalue weighted by atomic mass is 10.3. The van der Waals surface area contributed by atoms with Gasteiger partial charge in [-0.05, 0) is 13.1 Å². The van der Waals surface area contributed by atoms with Crippen LogP contribution in [0.3, 0.4) is 0 Å². The monoisotopic (exact) mass is 233 g/mol. The van der Waals surface area contributed by atoms with E-state index >= 15 is 0 Å². The highest BCUT2D eigenvalue weighted by Gasteiger charge is 2.16. The maximum absolute atomic E-state index is 4.50. The minimum absolute atomic E-state index is 0.721. The Balaban J connectivity index is 2.02. The molecule has 1 aromatic rings. The molecule has 1 N–H and O–H groups in total. The molecule has 5 nitrogen and oxygen atoms in total. The van der Waals surface area contributed by atoms with E-state index in [2.05, 4.69) is 38.7 Å². The number of piperazine rings is 1. The summed E-state index contributed by atoms with van der Waals surface area (Å²) in [5, 5.41) is 3.18. The number of likely N-dealkylation sites (N-methyl/N-ethyl adjacent to an activating group) is 1. The Kier molecular flexibility index (Phi) is 3.93. The molecule has 1 aliphatic heterocycles. The van der Waals surface area contributed by atoms with E-state index in [4.69, 9.17) is 0 Å². The van der Waals surface area contributed by atoms with Gasteiger partial charge < -0.3 is 15.1 Å². The van der Waals surface area contributed by atoms with Gasteiger partial charge in [0.1, 0.15) is 5.82 Å². The van der Waals surface area contributed by atoms with Crippen LogP contribution in [0.4, 0.5) is 11.8 Å². The third kappa shape index (κ3) is 3.17. The second-order valence-corrected chi connectivity index (χ2v) is 4.20. The molecule has 1 saturated heterocycles. The molecule has 0 bridgehead atoms. The number of aromatic nitrogens is 2. The standard InChI is InChI=1S/C12H19N5/c1-3-5-13-11-4-6-14-12(15-11)17-9-7-16(2)8-10-17/h3-4,6H,1,5,7-10H2,2H3,(H,13,14,15). The van der Waals surface area contributed by atoms with Gasteiger partial charge in [0, 0.05) is 38.9 Å². The lowest BCUT2D eigenvalue weighted by molar-refractivity contribution is 0.311. The van der Waals surface area contributed by atoms with Crippen LogP contribution in [0, 0.1) is 0 Å². The fourth-order valence-electron chi connectivity index (χ4n) is 1.78. The van der Waals surface area contributed by atoms with Gasteiger partial charge in [-0.1, -0.05) is 6.08 Å². The predicted octanol–water partition coefficient (Wildman–Crippen LogP) is 0.826. The molecule has 2 heterocycles. The molecule has 92 valence electrons. The van der Waals surface area contributed by atoms with Crippen LogP contribution >= 0.6 is 0 Å². The van der Waals surface area contributed by atoms with Crippen molar-refractivity contribution in [3.63, 3.8) is 0 Å². The van der Waals surface area contributed by atoms with Crippen molar-refractivity contribution in [3.8, 4) is 0 Å². The van der Waals surface area contributed by atoms with Crippen molar-refractivity contribution in [2.24, 2.45) is 0 Å². The average Bonchev–Trinajstić information content (AvgIpc) is 2.37. The maximum atomic E-state index is 4.50. The van der Waals surface area contributed by atoms with Crippen molar-refractivity contribution in [2.75, 3.05) is 50.0 Å². The molecule has 0 saturated carbocycles. The zero-order valence-corrected chi connectivity index (χ0v) is 10.3. The van der Waals surface area contributed by atoms with Crippen LogP contribution in [0.5, 0.6) is 0 Å². The molecule has 1 aliphatic rings. The molecule has 0 atom stereocenters. The molecule has 2 rings (SSSR count).